The Morgan fingerprint density at radius 3 is 2.07 bits per heavy atom. The van der Waals surface area contributed by atoms with Crippen molar-refractivity contribution >= 4 is 82.3 Å². The summed E-state index contributed by atoms with van der Waals surface area (Å²) in [5.74, 6) is 3.29. The van der Waals surface area contributed by atoms with Crippen LogP contribution < -0.4 is 55.3 Å². The van der Waals surface area contributed by atoms with Gasteiger partial charge in [0, 0.05) is 61.1 Å². The molecule has 98 heavy (non-hydrogen) atoms. The number of aliphatic hydroxyl groups is 1. The van der Waals surface area contributed by atoms with Crippen molar-refractivity contribution in [2.75, 3.05) is 68.7 Å². The molecule has 512 valence electrons. The van der Waals surface area contributed by atoms with Gasteiger partial charge in [-0.25, -0.2) is 9.69 Å². The summed E-state index contributed by atoms with van der Waals surface area (Å²) in [7, 11) is 2.97. The number of fused-ring (bicyclic) bond motifs is 6. The minimum absolute atomic E-state index is 0.0886. The fraction of sp³-hybridized carbons (Fsp3) is 0.397. The molecule has 1 spiro atoms. The Bertz CT molecular complexity index is 4060. The number of methoxy groups -OCH3 is 2. The number of anilines is 3. The highest BCUT2D eigenvalue weighted by atomic mass is 16.6. The summed E-state index contributed by atoms with van der Waals surface area (Å²) in [5.41, 5.74) is 5.85. The first-order chi connectivity index (χ1) is 47.2. The predicted molar refractivity (Wildman–Crippen MR) is 362 cm³/mol. The quantitative estimate of drug-likeness (QED) is 0.0198. The van der Waals surface area contributed by atoms with Crippen LogP contribution in [0.1, 0.15) is 122 Å². The first-order valence-corrected chi connectivity index (χ1v) is 32.9. The third-order valence-corrected chi connectivity index (χ3v) is 18.3. The predicted octanol–water partition coefficient (Wildman–Crippen LogP) is 6.83. The monoisotopic (exact) mass is 1340 g/mol. The molecule has 6 N–H and O–H groups in total. The fourth-order valence-corrected chi connectivity index (χ4v) is 12.7. The molecule has 9 amide bonds. The van der Waals surface area contributed by atoms with Gasteiger partial charge in [-0.2, -0.15) is 0 Å². The summed E-state index contributed by atoms with van der Waals surface area (Å²) in [6.07, 6.45) is 3.94. The van der Waals surface area contributed by atoms with Gasteiger partial charge >= 0.3 is 6.09 Å². The minimum Gasteiger partial charge on any atom is -0.493 e. The second kappa shape index (κ2) is 30.1. The summed E-state index contributed by atoms with van der Waals surface area (Å²) in [6.45, 7) is 9.40. The molecule has 5 aromatic rings. The van der Waals surface area contributed by atoms with E-state index in [-0.39, 0.29) is 84.5 Å². The van der Waals surface area contributed by atoms with Crippen LogP contribution in [0, 0.1) is 23.2 Å². The highest BCUT2D eigenvalue weighted by Crippen LogP contribution is 2.57. The lowest BCUT2D eigenvalue weighted by Crippen LogP contribution is -2.55. The highest BCUT2D eigenvalue weighted by Gasteiger charge is 2.58. The minimum atomic E-state index is -1.47. The van der Waals surface area contributed by atoms with E-state index in [0.717, 1.165) is 34.4 Å². The van der Waals surface area contributed by atoms with Crippen molar-refractivity contribution in [2.24, 2.45) is 16.3 Å². The zero-order valence-corrected chi connectivity index (χ0v) is 55.4. The van der Waals surface area contributed by atoms with E-state index in [1.165, 1.54) is 33.3 Å². The third-order valence-electron chi connectivity index (χ3n) is 18.3. The number of amides is 9. The van der Waals surface area contributed by atoms with Crippen LogP contribution >= 0.6 is 0 Å². The molecule has 1 saturated carbocycles. The van der Waals surface area contributed by atoms with Gasteiger partial charge in [0.05, 0.1) is 87.3 Å². The highest BCUT2D eigenvalue weighted by molar-refractivity contribution is 6.07. The van der Waals surface area contributed by atoms with Crippen LogP contribution in [0.15, 0.2) is 114 Å². The van der Waals surface area contributed by atoms with Gasteiger partial charge in [-0.05, 0) is 117 Å². The third kappa shape index (κ3) is 15.7. The van der Waals surface area contributed by atoms with Crippen molar-refractivity contribution in [1.82, 2.24) is 31.1 Å². The van der Waals surface area contributed by atoms with Crippen molar-refractivity contribution in [2.45, 2.75) is 122 Å². The standard InChI is InChI=1S/C73H80N10O15/c1-43(2)66(79-64(86)38-76-63(85)37-75-62(84)24-25-65(87)81-40-49-16-9-8-14-47(49)20-21-48-15-10-11-17-55(48)81)68(89)77-45(4)67(88)78-50-22-18-46(19-23-50)41-98-72(93)83-56-34-61(59(95-6)32-53(56)70(91)82-42-73(26-27-73)35-57(82)71(83)92)97-29-13-7-12-28-96-60-33-54-52(31-58(60)94-5)69(90)80-39-44(3)30-51(80)36-74-54/h8-11,14-19,22-23,31-34,36,43,45,51,57,66,71,92H,3,7,12-13,24-30,35,37-42H2,1-2,4-6H3,(H,75,84)(H,76,85)(H,77,89)(H,78,88)(H,79,86)/t45-,51-,57-,66-,71?/m0/s1. The molecule has 0 radical (unpaired) electrons. The molecule has 5 heterocycles. The molecule has 25 heteroatoms. The van der Waals surface area contributed by atoms with Gasteiger partial charge in [-0.15, -0.1) is 0 Å². The molecule has 0 bridgehead atoms. The van der Waals surface area contributed by atoms with Crippen LogP contribution in [-0.2, 0) is 46.7 Å². The van der Waals surface area contributed by atoms with Crippen LogP contribution in [0.2, 0.25) is 0 Å². The largest absolute Gasteiger partial charge is 0.493 e. The maximum atomic E-state index is 14.4. The average Bonchev–Trinajstić information content (AvgIpc) is 1.56. The summed E-state index contributed by atoms with van der Waals surface area (Å²) < 4.78 is 29.6. The van der Waals surface area contributed by atoms with Crippen LogP contribution in [0.4, 0.5) is 27.5 Å². The zero-order valence-electron chi connectivity index (χ0n) is 55.4. The number of unbranched alkanes of at least 4 members (excludes halogenated alkanes) is 2. The fourth-order valence-electron chi connectivity index (χ4n) is 12.7. The first-order valence-electron chi connectivity index (χ1n) is 32.9. The van der Waals surface area contributed by atoms with Crippen molar-refractivity contribution in [3.05, 3.63) is 143 Å². The van der Waals surface area contributed by atoms with Gasteiger partial charge < -0.3 is 70.1 Å². The number of para-hydroxylation sites is 1. The molecule has 2 saturated heterocycles. The molecule has 25 nitrogen and oxygen atoms in total. The van der Waals surface area contributed by atoms with Crippen LogP contribution in [0.3, 0.4) is 0 Å². The molecule has 3 fully saturated rings. The number of carbonyl (C=O) groups is 9. The van der Waals surface area contributed by atoms with E-state index in [4.69, 9.17) is 23.7 Å². The lowest BCUT2D eigenvalue weighted by Gasteiger charge is -2.31. The van der Waals surface area contributed by atoms with Crippen molar-refractivity contribution in [1.29, 1.82) is 0 Å². The zero-order chi connectivity index (χ0) is 69.4. The number of aliphatic hydroxyl groups excluding tert-OH is 1. The van der Waals surface area contributed by atoms with Crippen molar-refractivity contribution < 1.29 is 71.9 Å². The SMILES string of the molecule is C=C1C[C@H]2C=Nc3cc(OCCCCCOc4cc5c(cc4OC)C(=O)N4CC6(CC6)C[C@H]4C(O)N5C(=O)OCc4ccc(NC(=O)[C@H](C)NC(=O)[C@@H](NC(=O)CNC(=O)CNC(=O)CCC(=O)N5Cc6ccccc6C#Cc6ccccc65)C(C)C)cc4)c(OC)cc3C(=O)N2C1. The number of hydrogen-bond donors (Lipinski definition) is 6. The number of nitrogens with zero attached hydrogens (tertiary/aromatic N) is 5. The van der Waals surface area contributed by atoms with Gasteiger partial charge in [0.15, 0.2) is 29.2 Å². The maximum absolute atomic E-state index is 14.4. The van der Waals surface area contributed by atoms with Crippen LogP contribution in [0.25, 0.3) is 0 Å². The summed E-state index contributed by atoms with van der Waals surface area (Å²) >= 11 is 0. The Morgan fingerprint density at radius 2 is 1.36 bits per heavy atom. The molecule has 1 aliphatic carbocycles. The Hall–Kier alpha value is -10.7. The summed E-state index contributed by atoms with van der Waals surface area (Å²) in [6, 6.07) is 24.6. The molecule has 5 aromatic carbocycles. The number of nitrogens with one attached hydrogen (secondary N) is 5. The van der Waals surface area contributed by atoms with Gasteiger partial charge in [-0.1, -0.05) is 80.3 Å². The van der Waals surface area contributed by atoms with E-state index in [9.17, 15) is 48.3 Å². The van der Waals surface area contributed by atoms with E-state index in [2.05, 4.69) is 50.0 Å². The maximum Gasteiger partial charge on any atom is 0.416 e. The van der Waals surface area contributed by atoms with E-state index in [1.54, 1.807) is 77.2 Å². The van der Waals surface area contributed by atoms with Crippen molar-refractivity contribution in [3.8, 4) is 34.8 Å². The summed E-state index contributed by atoms with van der Waals surface area (Å²) in [4.78, 5) is 132. The lowest BCUT2D eigenvalue weighted by molar-refractivity contribution is -0.132. The first kappa shape index (κ1) is 68.6. The van der Waals surface area contributed by atoms with Crippen LogP contribution in [-0.4, -0.2) is 158 Å². The molecule has 0 aromatic heterocycles. The van der Waals surface area contributed by atoms with E-state index >= 15 is 0 Å². The number of carbonyl (C=O) groups excluding carboxylic acids is 9. The second-order valence-electron chi connectivity index (χ2n) is 25.7. The summed E-state index contributed by atoms with van der Waals surface area (Å²) in [5, 5.41) is 25.0. The lowest BCUT2D eigenvalue weighted by atomic mass is 10.0. The second-order valence-corrected chi connectivity index (χ2v) is 25.7. The van der Waals surface area contributed by atoms with Crippen molar-refractivity contribution in [3.63, 3.8) is 0 Å². The molecule has 5 atom stereocenters. The molecular formula is C73H80N10O15. The smallest absolute Gasteiger partial charge is 0.416 e. The Balaban J connectivity index is 0.629. The average molecular weight is 1340 g/mol. The van der Waals surface area contributed by atoms with Gasteiger partial charge in [0.25, 0.3) is 11.8 Å². The van der Waals surface area contributed by atoms with Gasteiger partial charge in [0.2, 0.25) is 35.4 Å². The number of ether oxygens (including phenoxy) is 5. The number of benzene rings is 5. The number of rotatable bonds is 25. The topological polar surface area (TPSA) is 305 Å². The van der Waals surface area contributed by atoms with E-state index in [0.29, 0.717) is 97.1 Å². The van der Waals surface area contributed by atoms with E-state index < -0.39 is 79.0 Å². The van der Waals surface area contributed by atoms with E-state index in [1.807, 2.05) is 42.5 Å². The molecule has 6 aliphatic rings. The number of aliphatic imine (C=N–C) groups is 1. The van der Waals surface area contributed by atoms with Gasteiger partial charge in [-0.3, -0.25) is 43.3 Å². The normalized spacial score (nSPS) is 18.0. The van der Waals surface area contributed by atoms with Crippen LogP contribution in [0.5, 0.6) is 23.0 Å². The molecule has 5 aliphatic heterocycles. The molecule has 11 rings (SSSR count). The molecule has 1 unspecified atom stereocenters. The Kier molecular flexibility index (Phi) is 21.1. The Labute approximate surface area is 567 Å². The van der Waals surface area contributed by atoms with Gasteiger partial charge in [0.1, 0.15) is 18.7 Å². The molecular weight excluding hydrogens is 1260 g/mol. The number of hydrogen-bond acceptors (Lipinski definition) is 16. The Morgan fingerprint density at radius 1 is 0.704 bits per heavy atom.